The van der Waals surface area contributed by atoms with E-state index in [0.29, 0.717) is 0 Å². The maximum Gasteiger partial charge on any atom is 0.143 e. The first-order valence-electron chi connectivity index (χ1n) is 11.9. The summed E-state index contributed by atoms with van der Waals surface area (Å²) in [6.07, 6.45) is 1.77. The van der Waals surface area contributed by atoms with Crippen LogP contribution in [0.5, 0.6) is 0 Å². The fourth-order valence-electron chi connectivity index (χ4n) is 5.71. The minimum atomic E-state index is 0.944. The molecule has 0 fully saturated rings. The Morgan fingerprint density at radius 2 is 0.943 bits per heavy atom. The molecule has 0 amide bonds. The van der Waals surface area contributed by atoms with Gasteiger partial charge in [-0.25, -0.2) is 0 Å². The predicted molar refractivity (Wildman–Crippen MR) is 145 cm³/mol. The summed E-state index contributed by atoms with van der Waals surface area (Å²) in [5, 5.41) is 6.04. The molecule has 0 saturated carbocycles. The van der Waals surface area contributed by atoms with Crippen LogP contribution < -0.4 is 0 Å². The van der Waals surface area contributed by atoms with Crippen LogP contribution in [0.1, 0.15) is 0 Å². The van der Waals surface area contributed by atoms with Gasteiger partial charge in [-0.05, 0) is 60.7 Å². The second kappa shape index (κ2) is 6.87. The zero-order chi connectivity index (χ0) is 22.9. The molecule has 0 atom stereocenters. The van der Waals surface area contributed by atoms with Gasteiger partial charge in [0.1, 0.15) is 5.58 Å². The van der Waals surface area contributed by atoms with E-state index in [-0.39, 0.29) is 0 Å². The molecular weight excluding hydrogens is 428 g/mol. The number of benzene rings is 5. The van der Waals surface area contributed by atoms with E-state index >= 15 is 0 Å². The molecule has 0 aliphatic carbocycles. The molecular formula is C32H20N2O. The normalized spacial score (nSPS) is 12.0. The van der Waals surface area contributed by atoms with Crippen molar-refractivity contribution in [2.75, 3.05) is 0 Å². The summed E-state index contributed by atoms with van der Waals surface area (Å²) in [7, 11) is 0. The first kappa shape index (κ1) is 18.6. The van der Waals surface area contributed by atoms with Gasteiger partial charge < -0.3 is 13.6 Å². The highest BCUT2D eigenvalue weighted by Gasteiger charge is 2.17. The summed E-state index contributed by atoms with van der Waals surface area (Å²) < 4.78 is 10.6. The van der Waals surface area contributed by atoms with Crippen molar-refractivity contribution in [1.29, 1.82) is 0 Å². The number of rotatable bonds is 2. The lowest BCUT2D eigenvalue weighted by Gasteiger charge is -2.11. The van der Waals surface area contributed by atoms with Crippen molar-refractivity contribution in [3.8, 4) is 11.4 Å². The molecule has 35 heavy (non-hydrogen) atoms. The number of hydrogen-bond acceptors (Lipinski definition) is 1. The first-order valence-corrected chi connectivity index (χ1v) is 11.9. The first-order chi connectivity index (χ1) is 17.4. The fraction of sp³-hybridized carbons (Fsp3) is 0. The highest BCUT2D eigenvalue weighted by atomic mass is 16.3. The molecule has 164 valence electrons. The van der Waals surface area contributed by atoms with Gasteiger partial charge in [-0.1, -0.05) is 54.6 Å². The second-order valence-electron chi connectivity index (χ2n) is 9.04. The molecule has 0 saturated heterocycles. The van der Waals surface area contributed by atoms with Crippen molar-refractivity contribution in [1.82, 2.24) is 9.13 Å². The zero-order valence-corrected chi connectivity index (χ0v) is 18.8. The lowest BCUT2D eigenvalue weighted by molar-refractivity contribution is 0.619. The summed E-state index contributed by atoms with van der Waals surface area (Å²) in [4.78, 5) is 0. The molecule has 3 aromatic heterocycles. The summed E-state index contributed by atoms with van der Waals surface area (Å²) in [5.41, 5.74) is 8.00. The average molecular weight is 449 g/mol. The monoisotopic (exact) mass is 448 g/mol. The van der Waals surface area contributed by atoms with Crippen LogP contribution in [-0.2, 0) is 0 Å². The summed E-state index contributed by atoms with van der Waals surface area (Å²) in [5.74, 6) is 0. The SMILES string of the molecule is c1ccc2c(c1)c1ccccc1n2-c1ccc(-n2c3ccccc3c3c4occc4ccc32)cc1. The predicted octanol–water partition coefficient (Wildman–Crippen LogP) is 8.63. The molecule has 3 heteroatoms. The number of hydrogen-bond donors (Lipinski definition) is 0. The maximum atomic E-state index is 5.92. The summed E-state index contributed by atoms with van der Waals surface area (Å²) in [6.45, 7) is 0. The van der Waals surface area contributed by atoms with Gasteiger partial charge in [0.05, 0.1) is 33.7 Å². The zero-order valence-electron chi connectivity index (χ0n) is 18.8. The van der Waals surface area contributed by atoms with E-state index in [0.717, 1.165) is 33.2 Å². The number of aromatic nitrogens is 2. The molecule has 0 aliphatic rings. The lowest BCUT2D eigenvalue weighted by atomic mass is 10.1. The highest BCUT2D eigenvalue weighted by molar-refractivity contribution is 6.19. The van der Waals surface area contributed by atoms with Crippen LogP contribution in [-0.4, -0.2) is 9.13 Å². The number of fused-ring (bicyclic) bond motifs is 8. The highest BCUT2D eigenvalue weighted by Crippen LogP contribution is 2.38. The number of para-hydroxylation sites is 3. The smallest absolute Gasteiger partial charge is 0.143 e. The van der Waals surface area contributed by atoms with Crippen molar-refractivity contribution in [3.05, 3.63) is 122 Å². The Bertz CT molecular complexity index is 2000. The van der Waals surface area contributed by atoms with Crippen molar-refractivity contribution >= 4 is 54.6 Å². The topological polar surface area (TPSA) is 23.0 Å². The Morgan fingerprint density at radius 1 is 0.429 bits per heavy atom. The number of furan rings is 1. The van der Waals surface area contributed by atoms with Crippen molar-refractivity contribution in [2.24, 2.45) is 0 Å². The Balaban J connectivity index is 1.38. The van der Waals surface area contributed by atoms with E-state index < -0.39 is 0 Å². The van der Waals surface area contributed by atoms with Gasteiger partial charge in [0.2, 0.25) is 0 Å². The molecule has 0 aliphatic heterocycles. The Kier molecular flexibility index (Phi) is 3.66. The van der Waals surface area contributed by atoms with E-state index in [9.17, 15) is 0 Å². The summed E-state index contributed by atoms with van der Waals surface area (Å²) in [6, 6.07) is 41.1. The van der Waals surface area contributed by atoms with Crippen LogP contribution >= 0.6 is 0 Å². The molecule has 0 bridgehead atoms. The Hall–Kier alpha value is -4.76. The molecule has 0 radical (unpaired) electrons. The number of nitrogens with zero attached hydrogens (tertiary/aromatic N) is 2. The van der Waals surface area contributed by atoms with E-state index in [1.54, 1.807) is 6.26 Å². The van der Waals surface area contributed by atoms with Gasteiger partial charge in [0, 0.05) is 32.9 Å². The molecule has 0 unspecified atom stereocenters. The van der Waals surface area contributed by atoms with Crippen molar-refractivity contribution < 1.29 is 4.42 Å². The Labute approximate surface area is 201 Å². The van der Waals surface area contributed by atoms with Crippen molar-refractivity contribution in [2.45, 2.75) is 0 Å². The third-order valence-corrected chi connectivity index (χ3v) is 7.20. The van der Waals surface area contributed by atoms with Crippen LogP contribution in [0.15, 0.2) is 126 Å². The van der Waals surface area contributed by atoms with Crippen molar-refractivity contribution in [3.63, 3.8) is 0 Å². The van der Waals surface area contributed by atoms with Gasteiger partial charge in [0.15, 0.2) is 0 Å². The van der Waals surface area contributed by atoms with E-state index in [2.05, 4.69) is 118 Å². The maximum absolute atomic E-state index is 5.92. The van der Waals surface area contributed by atoms with Gasteiger partial charge in [0.25, 0.3) is 0 Å². The molecule has 8 aromatic rings. The quantitative estimate of drug-likeness (QED) is 0.259. The third-order valence-electron chi connectivity index (χ3n) is 7.20. The fourth-order valence-corrected chi connectivity index (χ4v) is 5.71. The summed E-state index contributed by atoms with van der Waals surface area (Å²) >= 11 is 0. The third kappa shape index (κ3) is 2.50. The van der Waals surface area contributed by atoms with Crippen LogP contribution in [0, 0.1) is 0 Å². The van der Waals surface area contributed by atoms with Crippen LogP contribution in [0.4, 0.5) is 0 Å². The van der Waals surface area contributed by atoms with Gasteiger partial charge in [-0.2, -0.15) is 0 Å². The molecule has 5 aromatic carbocycles. The molecule has 3 heterocycles. The van der Waals surface area contributed by atoms with E-state index in [1.807, 2.05) is 6.07 Å². The molecule has 3 nitrogen and oxygen atoms in total. The van der Waals surface area contributed by atoms with E-state index in [1.165, 1.54) is 32.7 Å². The largest absolute Gasteiger partial charge is 0.464 e. The van der Waals surface area contributed by atoms with Crippen LogP contribution in [0.25, 0.3) is 66.0 Å². The van der Waals surface area contributed by atoms with Gasteiger partial charge in [-0.15, -0.1) is 0 Å². The van der Waals surface area contributed by atoms with Crippen LogP contribution in [0.3, 0.4) is 0 Å². The molecule has 0 spiro atoms. The van der Waals surface area contributed by atoms with Gasteiger partial charge >= 0.3 is 0 Å². The van der Waals surface area contributed by atoms with Gasteiger partial charge in [-0.3, -0.25) is 0 Å². The minimum Gasteiger partial charge on any atom is -0.464 e. The molecule has 0 N–H and O–H groups in total. The van der Waals surface area contributed by atoms with E-state index in [4.69, 9.17) is 4.42 Å². The Morgan fingerprint density at radius 3 is 1.57 bits per heavy atom. The average Bonchev–Trinajstić information content (AvgIpc) is 3.61. The standard InChI is InChI=1S/C32H20N2O/c1-4-10-27-24(7-1)25-8-2-5-11-28(25)33(27)22-14-16-23(17-15-22)34-29-12-6-3-9-26(29)31-30(34)18-13-21-19-20-35-32(21)31/h1-20H. The van der Waals surface area contributed by atoms with Crippen LogP contribution in [0.2, 0.25) is 0 Å². The minimum absolute atomic E-state index is 0.944. The second-order valence-corrected chi connectivity index (χ2v) is 9.04. The molecule has 8 rings (SSSR count). The lowest BCUT2D eigenvalue weighted by Crippen LogP contribution is -1.97.